The number of hydrogen-bond acceptors (Lipinski definition) is 4. The molecule has 0 spiro atoms. The van der Waals surface area contributed by atoms with Crippen LogP contribution in [0.3, 0.4) is 0 Å². The van der Waals surface area contributed by atoms with E-state index >= 15 is 0 Å². The molecule has 0 bridgehead atoms. The summed E-state index contributed by atoms with van der Waals surface area (Å²) in [6.07, 6.45) is 0. The van der Waals surface area contributed by atoms with Crippen LogP contribution in [0.5, 0.6) is 0 Å². The summed E-state index contributed by atoms with van der Waals surface area (Å²) in [7, 11) is 0. The van der Waals surface area contributed by atoms with Crippen LogP contribution < -0.4 is 0 Å². The molecule has 18 heavy (non-hydrogen) atoms. The minimum absolute atomic E-state index is 0.214. The molecule has 5 nitrogen and oxygen atoms in total. The number of amides is 2. The van der Waals surface area contributed by atoms with Crippen LogP contribution in [-0.4, -0.2) is 29.4 Å². The van der Waals surface area contributed by atoms with Gasteiger partial charge in [-0.25, -0.2) is 9.69 Å². The van der Waals surface area contributed by atoms with Crippen molar-refractivity contribution in [3.8, 4) is 0 Å². The molecule has 1 aliphatic rings. The van der Waals surface area contributed by atoms with E-state index in [4.69, 9.17) is 4.74 Å². The first kappa shape index (κ1) is 12.0. The van der Waals surface area contributed by atoms with E-state index < -0.39 is 24.5 Å². The third-order valence-corrected chi connectivity index (χ3v) is 2.55. The van der Waals surface area contributed by atoms with Crippen molar-refractivity contribution in [1.29, 1.82) is 0 Å². The third-order valence-electron chi connectivity index (χ3n) is 2.55. The van der Waals surface area contributed by atoms with E-state index in [2.05, 4.69) is 6.58 Å². The molecule has 0 radical (unpaired) electrons. The quantitative estimate of drug-likeness (QED) is 0.458. The van der Waals surface area contributed by atoms with Gasteiger partial charge in [0, 0.05) is 5.57 Å². The summed E-state index contributed by atoms with van der Waals surface area (Å²) in [6.45, 7) is 4.51. The SMILES string of the molecule is C=C(C)C(=O)OCN1C(=O)c2ccccc2C1=O. The zero-order chi connectivity index (χ0) is 13.3. The van der Waals surface area contributed by atoms with Gasteiger partial charge in [-0.1, -0.05) is 18.7 Å². The zero-order valence-electron chi connectivity index (χ0n) is 9.80. The maximum atomic E-state index is 11.9. The molecule has 0 aliphatic carbocycles. The lowest BCUT2D eigenvalue weighted by Gasteiger charge is -2.13. The highest BCUT2D eigenvalue weighted by Crippen LogP contribution is 2.22. The molecular formula is C13H11NO4. The van der Waals surface area contributed by atoms with Crippen LogP contribution in [0.1, 0.15) is 27.6 Å². The predicted octanol–water partition coefficient (Wildman–Crippen LogP) is 1.36. The van der Waals surface area contributed by atoms with Gasteiger partial charge in [-0.2, -0.15) is 0 Å². The van der Waals surface area contributed by atoms with E-state index in [1.807, 2.05) is 0 Å². The maximum absolute atomic E-state index is 11.9. The molecule has 0 N–H and O–H groups in total. The van der Waals surface area contributed by atoms with Gasteiger partial charge in [0.25, 0.3) is 11.8 Å². The summed E-state index contributed by atoms with van der Waals surface area (Å²) in [5.74, 6) is -1.54. The van der Waals surface area contributed by atoms with Gasteiger partial charge in [0.15, 0.2) is 6.73 Å². The highest BCUT2D eigenvalue weighted by molar-refractivity contribution is 6.21. The number of carbonyl (C=O) groups excluding carboxylic acids is 3. The fourth-order valence-corrected chi connectivity index (χ4v) is 1.60. The zero-order valence-corrected chi connectivity index (χ0v) is 9.80. The Labute approximate surface area is 104 Å². The molecule has 1 aromatic carbocycles. The summed E-state index contributed by atoms with van der Waals surface area (Å²) < 4.78 is 4.81. The highest BCUT2D eigenvalue weighted by atomic mass is 16.5. The molecule has 1 aliphatic heterocycles. The number of rotatable bonds is 3. The molecule has 1 aromatic rings. The van der Waals surface area contributed by atoms with Crippen LogP contribution in [0.15, 0.2) is 36.4 Å². The average Bonchev–Trinajstić information content (AvgIpc) is 2.60. The highest BCUT2D eigenvalue weighted by Gasteiger charge is 2.35. The molecular weight excluding hydrogens is 234 g/mol. The van der Waals surface area contributed by atoms with Crippen LogP contribution in [0.2, 0.25) is 0 Å². The molecule has 0 unspecified atom stereocenters. The van der Waals surface area contributed by atoms with Crippen molar-refractivity contribution < 1.29 is 19.1 Å². The Morgan fingerprint density at radius 3 is 2.17 bits per heavy atom. The Bertz CT molecular complexity index is 527. The minimum Gasteiger partial charge on any atom is -0.440 e. The second-order valence-electron chi connectivity index (χ2n) is 3.93. The van der Waals surface area contributed by atoms with E-state index in [9.17, 15) is 14.4 Å². The Morgan fingerprint density at radius 2 is 1.72 bits per heavy atom. The molecule has 0 fully saturated rings. The van der Waals surface area contributed by atoms with Crippen molar-refractivity contribution in [2.45, 2.75) is 6.92 Å². The first-order valence-electron chi connectivity index (χ1n) is 5.30. The summed E-state index contributed by atoms with van der Waals surface area (Å²) in [4.78, 5) is 35.9. The first-order valence-corrected chi connectivity index (χ1v) is 5.30. The van der Waals surface area contributed by atoms with Gasteiger partial charge in [-0.3, -0.25) is 9.59 Å². The van der Waals surface area contributed by atoms with Gasteiger partial charge in [0.2, 0.25) is 0 Å². The Balaban J connectivity index is 2.14. The monoisotopic (exact) mass is 245 g/mol. The van der Waals surface area contributed by atoms with Crippen molar-refractivity contribution >= 4 is 17.8 Å². The first-order chi connectivity index (χ1) is 8.52. The second-order valence-corrected chi connectivity index (χ2v) is 3.93. The Hall–Kier alpha value is -2.43. The smallest absolute Gasteiger partial charge is 0.334 e. The lowest BCUT2D eigenvalue weighted by molar-refractivity contribution is -0.141. The van der Waals surface area contributed by atoms with Crippen molar-refractivity contribution in [2.24, 2.45) is 0 Å². The Morgan fingerprint density at radius 1 is 1.22 bits per heavy atom. The van der Waals surface area contributed by atoms with E-state index in [0.717, 1.165) is 4.90 Å². The fraction of sp³-hybridized carbons (Fsp3) is 0.154. The largest absolute Gasteiger partial charge is 0.440 e. The number of benzene rings is 1. The number of ether oxygens (including phenoxy) is 1. The Kier molecular flexibility index (Phi) is 2.97. The summed E-state index contributed by atoms with van der Waals surface area (Å²) >= 11 is 0. The number of carbonyl (C=O) groups is 3. The average molecular weight is 245 g/mol. The third kappa shape index (κ3) is 1.90. The van der Waals surface area contributed by atoms with Crippen LogP contribution >= 0.6 is 0 Å². The number of nitrogens with zero attached hydrogens (tertiary/aromatic N) is 1. The van der Waals surface area contributed by atoms with E-state index in [0.29, 0.717) is 11.1 Å². The van der Waals surface area contributed by atoms with Crippen molar-refractivity contribution in [3.05, 3.63) is 47.5 Å². The molecule has 0 atom stereocenters. The summed E-state index contributed by atoms with van der Waals surface area (Å²) in [5, 5.41) is 0. The number of hydrogen-bond donors (Lipinski definition) is 0. The molecule has 1 heterocycles. The topological polar surface area (TPSA) is 63.7 Å². The molecule has 2 amide bonds. The lowest BCUT2D eigenvalue weighted by Crippen LogP contribution is -2.33. The number of fused-ring (bicyclic) bond motifs is 1. The van der Waals surface area contributed by atoms with E-state index in [-0.39, 0.29) is 5.57 Å². The van der Waals surface area contributed by atoms with Gasteiger partial charge in [-0.15, -0.1) is 0 Å². The number of esters is 1. The normalized spacial score (nSPS) is 13.5. The van der Waals surface area contributed by atoms with Crippen LogP contribution in [0.25, 0.3) is 0 Å². The molecule has 0 aromatic heterocycles. The fourth-order valence-electron chi connectivity index (χ4n) is 1.60. The maximum Gasteiger partial charge on any atom is 0.334 e. The van der Waals surface area contributed by atoms with Gasteiger partial charge in [0.1, 0.15) is 0 Å². The standard InChI is InChI=1S/C13H11NO4/c1-8(2)13(17)18-7-14-11(15)9-5-3-4-6-10(9)12(14)16/h3-6H,1,7H2,2H3. The van der Waals surface area contributed by atoms with E-state index in [1.54, 1.807) is 24.3 Å². The summed E-state index contributed by atoms with van der Waals surface area (Å²) in [5.41, 5.74) is 0.870. The van der Waals surface area contributed by atoms with Gasteiger partial charge in [0.05, 0.1) is 11.1 Å². The van der Waals surface area contributed by atoms with Crippen LogP contribution in [-0.2, 0) is 9.53 Å². The van der Waals surface area contributed by atoms with Crippen LogP contribution in [0.4, 0.5) is 0 Å². The van der Waals surface area contributed by atoms with E-state index in [1.165, 1.54) is 6.92 Å². The van der Waals surface area contributed by atoms with Gasteiger partial charge >= 0.3 is 5.97 Å². The van der Waals surface area contributed by atoms with Gasteiger partial charge in [-0.05, 0) is 19.1 Å². The molecule has 2 rings (SSSR count). The minimum atomic E-state index is -0.633. The summed E-state index contributed by atoms with van der Waals surface area (Å²) in [6, 6.07) is 6.48. The van der Waals surface area contributed by atoms with Crippen LogP contribution in [0, 0.1) is 0 Å². The van der Waals surface area contributed by atoms with Crippen molar-refractivity contribution in [2.75, 3.05) is 6.73 Å². The van der Waals surface area contributed by atoms with Gasteiger partial charge < -0.3 is 4.74 Å². The predicted molar refractivity (Wildman–Crippen MR) is 62.7 cm³/mol. The molecule has 0 saturated carbocycles. The second kappa shape index (κ2) is 4.44. The number of imide groups is 1. The molecule has 92 valence electrons. The van der Waals surface area contributed by atoms with Crippen molar-refractivity contribution in [1.82, 2.24) is 4.90 Å². The molecule has 5 heteroatoms. The molecule has 0 saturated heterocycles. The lowest BCUT2D eigenvalue weighted by atomic mass is 10.1. The van der Waals surface area contributed by atoms with Crippen molar-refractivity contribution in [3.63, 3.8) is 0 Å².